The highest BCUT2D eigenvalue weighted by atomic mass is 32.1. The number of primary amides is 2. The lowest BCUT2D eigenvalue weighted by molar-refractivity contribution is -0.136. The lowest BCUT2D eigenvalue weighted by Gasteiger charge is -2.13. The minimum absolute atomic E-state index is 0.0139. The van der Waals surface area contributed by atoms with Gasteiger partial charge in [-0.2, -0.15) is 0 Å². The molecule has 0 saturated heterocycles. The summed E-state index contributed by atoms with van der Waals surface area (Å²) in [4.78, 5) is 18.2. The van der Waals surface area contributed by atoms with Gasteiger partial charge in [0.05, 0.1) is 0 Å². The predicted molar refractivity (Wildman–Crippen MR) is 74.5 cm³/mol. The maximum Gasteiger partial charge on any atom is 0.273 e. The van der Waals surface area contributed by atoms with E-state index in [9.17, 15) is 0 Å². The van der Waals surface area contributed by atoms with E-state index in [1.165, 1.54) is 0 Å². The highest BCUT2D eigenvalue weighted by Gasteiger charge is 2.01. The molecule has 0 spiro atoms. The SMILES string of the molecule is CCOC(CC)OCC.NC(=O)S.NC(=O)S. The van der Waals surface area contributed by atoms with E-state index in [0.29, 0.717) is 0 Å². The molecule has 0 atom stereocenters. The zero-order valence-electron chi connectivity index (χ0n) is 10.4. The van der Waals surface area contributed by atoms with Crippen LogP contribution in [0.3, 0.4) is 0 Å². The van der Waals surface area contributed by atoms with Crippen molar-refractivity contribution in [3.63, 3.8) is 0 Å². The summed E-state index contributed by atoms with van der Waals surface area (Å²) in [7, 11) is 0. The van der Waals surface area contributed by atoms with E-state index < -0.39 is 10.5 Å². The largest absolute Gasteiger partial charge is 0.361 e. The number of carbonyl (C=O) groups is 2. The van der Waals surface area contributed by atoms with Gasteiger partial charge in [0.2, 0.25) is 0 Å². The van der Waals surface area contributed by atoms with Crippen molar-refractivity contribution in [1.29, 1.82) is 0 Å². The van der Waals surface area contributed by atoms with E-state index >= 15 is 0 Å². The van der Waals surface area contributed by atoms with Gasteiger partial charge in [-0.1, -0.05) is 32.2 Å². The van der Waals surface area contributed by atoms with Crippen molar-refractivity contribution in [3.8, 4) is 0 Å². The van der Waals surface area contributed by atoms with E-state index in [1.54, 1.807) is 0 Å². The number of amides is 2. The van der Waals surface area contributed by atoms with Crippen molar-refractivity contribution in [1.82, 2.24) is 0 Å². The molecule has 4 N–H and O–H groups in total. The molecule has 0 rings (SSSR count). The fourth-order valence-corrected chi connectivity index (χ4v) is 0.656. The monoisotopic (exact) mass is 286 g/mol. The van der Waals surface area contributed by atoms with E-state index in [2.05, 4.69) is 43.6 Å². The molecule has 17 heavy (non-hydrogen) atoms. The summed E-state index contributed by atoms with van der Waals surface area (Å²) in [6.45, 7) is 7.47. The van der Waals surface area contributed by atoms with Gasteiger partial charge in [0.25, 0.3) is 10.5 Å². The van der Waals surface area contributed by atoms with Gasteiger partial charge in [-0.3, -0.25) is 9.59 Å². The molecule has 0 aliphatic heterocycles. The predicted octanol–water partition coefficient (Wildman–Crippen LogP) is 1.79. The molecule has 8 heteroatoms. The molecule has 0 unspecified atom stereocenters. The van der Waals surface area contributed by atoms with Crippen LogP contribution < -0.4 is 11.5 Å². The van der Waals surface area contributed by atoms with Crippen LogP contribution in [0.5, 0.6) is 0 Å². The summed E-state index contributed by atoms with van der Waals surface area (Å²) in [5.74, 6) is 0. The molecular formula is C9H22N2O4S2. The summed E-state index contributed by atoms with van der Waals surface area (Å²) in [5.41, 5.74) is 8.67. The Morgan fingerprint density at radius 2 is 1.24 bits per heavy atom. The molecule has 0 bridgehead atoms. The molecule has 0 aliphatic carbocycles. The van der Waals surface area contributed by atoms with Crippen LogP contribution in [0.4, 0.5) is 9.59 Å². The fourth-order valence-electron chi connectivity index (χ4n) is 0.656. The van der Waals surface area contributed by atoms with Crippen molar-refractivity contribution >= 4 is 35.7 Å². The Bertz CT molecular complexity index is 168. The molecule has 2 amide bonds. The molecule has 0 radical (unpaired) electrons. The second-order valence-electron chi connectivity index (χ2n) is 2.42. The summed E-state index contributed by atoms with van der Waals surface area (Å²) < 4.78 is 10.4. The van der Waals surface area contributed by atoms with Crippen molar-refractivity contribution < 1.29 is 19.1 Å². The third-order valence-corrected chi connectivity index (χ3v) is 1.04. The number of thiol groups is 2. The molecule has 104 valence electrons. The second kappa shape index (κ2) is 17.9. The smallest absolute Gasteiger partial charge is 0.273 e. The minimum Gasteiger partial charge on any atom is -0.361 e. The zero-order valence-corrected chi connectivity index (χ0v) is 12.2. The van der Waals surface area contributed by atoms with Crippen LogP contribution >= 0.6 is 25.3 Å². The molecule has 0 aliphatic rings. The van der Waals surface area contributed by atoms with Crippen molar-refractivity contribution in [2.75, 3.05) is 13.2 Å². The maximum absolute atomic E-state index is 9.09. The summed E-state index contributed by atoms with van der Waals surface area (Å²) >= 11 is 6.21. The Balaban J connectivity index is -0.000000205. The maximum atomic E-state index is 9.09. The Labute approximate surface area is 113 Å². The van der Waals surface area contributed by atoms with Gasteiger partial charge in [0.1, 0.15) is 0 Å². The Morgan fingerprint density at radius 3 is 1.35 bits per heavy atom. The first-order valence-electron chi connectivity index (χ1n) is 5.01. The van der Waals surface area contributed by atoms with E-state index in [1.807, 2.05) is 13.8 Å². The molecule has 0 heterocycles. The summed E-state index contributed by atoms with van der Waals surface area (Å²) in [6, 6.07) is 0. The number of ether oxygens (including phenoxy) is 2. The Morgan fingerprint density at radius 1 is 1.00 bits per heavy atom. The van der Waals surface area contributed by atoms with Crippen LogP contribution in [0, 0.1) is 0 Å². The minimum atomic E-state index is -0.639. The third kappa shape index (κ3) is 50.1. The third-order valence-electron chi connectivity index (χ3n) is 1.04. The molecule has 0 aromatic rings. The van der Waals surface area contributed by atoms with Gasteiger partial charge >= 0.3 is 0 Å². The van der Waals surface area contributed by atoms with Gasteiger partial charge in [-0.05, 0) is 20.3 Å². The zero-order chi connectivity index (χ0) is 14.3. The van der Waals surface area contributed by atoms with Crippen LogP contribution in [0.1, 0.15) is 27.2 Å². The standard InChI is InChI=1S/C7H16O2.2CH3NOS/c1-4-7(8-5-2)9-6-3;2*2-1(3)4/h7H,4-6H2,1-3H3;2*(H3,2,3,4). The number of nitrogens with two attached hydrogens (primary N) is 2. The average Bonchev–Trinajstić information content (AvgIpc) is 2.15. The molecule has 6 nitrogen and oxygen atoms in total. The average molecular weight is 286 g/mol. The van der Waals surface area contributed by atoms with Crippen LogP contribution in [-0.4, -0.2) is 30.0 Å². The van der Waals surface area contributed by atoms with Crippen LogP contribution in [0.15, 0.2) is 0 Å². The number of hydrogen-bond acceptors (Lipinski definition) is 4. The Hall–Kier alpha value is -0.440. The topological polar surface area (TPSA) is 105 Å². The molecule has 0 saturated carbocycles. The Kier molecular flexibility index (Phi) is 23.0. The normalized spacial score (nSPS) is 8.59. The fraction of sp³-hybridized carbons (Fsp3) is 0.778. The van der Waals surface area contributed by atoms with Gasteiger partial charge in [-0.25, -0.2) is 0 Å². The van der Waals surface area contributed by atoms with Crippen molar-refractivity contribution in [2.24, 2.45) is 11.5 Å². The lowest BCUT2D eigenvalue weighted by atomic mass is 10.5. The first-order valence-corrected chi connectivity index (χ1v) is 5.91. The summed E-state index contributed by atoms with van der Waals surface area (Å²) in [6.07, 6.45) is 0.946. The van der Waals surface area contributed by atoms with E-state index in [4.69, 9.17) is 19.1 Å². The van der Waals surface area contributed by atoms with Gasteiger partial charge < -0.3 is 20.9 Å². The van der Waals surface area contributed by atoms with Gasteiger partial charge in [0, 0.05) is 13.2 Å². The highest BCUT2D eigenvalue weighted by molar-refractivity contribution is 7.96. The first kappa shape index (κ1) is 21.8. The van der Waals surface area contributed by atoms with Crippen molar-refractivity contribution in [3.05, 3.63) is 0 Å². The molecule has 0 aromatic heterocycles. The number of rotatable bonds is 5. The van der Waals surface area contributed by atoms with E-state index in [-0.39, 0.29) is 6.29 Å². The lowest BCUT2D eigenvalue weighted by Crippen LogP contribution is -2.15. The van der Waals surface area contributed by atoms with Crippen LogP contribution in [0.25, 0.3) is 0 Å². The summed E-state index contributed by atoms with van der Waals surface area (Å²) in [5, 5.41) is -1.28. The van der Waals surface area contributed by atoms with Crippen LogP contribution in [-0.2, 0) is 9.47 Å². The highest BCUT2D eigenvalue weighted by Crippen LogP contribution is 1.98. The van der Waals surface area contributed by atoms with E-state index in [0.717, 1.165) is 19.6 Å². The molecule has 0 aromatic carbocycles. The number of hydrogen-bond donors (Lipinski definition) is 4. The first-order chi connectivity index (χ1) is 7.81. The molecular weight excluding hydrogens is 264 g/mol. The second-order valence-corrected chi connectivity index (χ2v) is 3.31. The molecule has 0 fully saturated rings. The van der Waals surface area contributed by atoms with Crippen LogP contribution in [0.2, 0.25) is 0 Å². The quantitative estimate of drug-likeness (QED) is 0.457. The van der Waals surface area contributed by atoms with Crippen molar-refractivity contribution in [2.45, 2.75) is 33.5 Å². The van der Waals surface area contributed by atoms with Gasteiger partial charge in [-0.15, -0.1) is 0 Å². The van der Waals surface area contributed by atoms with Gasteiger partial charge in [0.15, 0.2) is 6.29 Å². The number of carbonyl (C=O) groups excluding carboxylic acids is 2.